The fourth-order valence-corrected chi connectivity index (χ4v) is 2.27. The first-order valence-electron chi connectivity index (χ1n) is 6.16. The van der Waals surface area contributed by atoms with Crippen molar-refractivity contribution in [3.8, 4) is 11.6 Å². The fraction of sp³-hybridized carbons (Fsp3) is 0.286. The molecule has 0 fully saturated rings. The second-order valence-electron chi connectivity index (χ2n) is 4.41. The molecule has 0 atom stereocenters. The number of rotatable bonds is 3. The molecule has 1 heterocycles. The summed E-state index contributed by atoms with van der Waals surface area (Å²) in [6.45, 7) is 0.513. The number of nitrogens with two attached hydrogens (primary N) is 1. The van der Waals surface area contributed by atoms with Crippen molar-refractivity contribution in [1.82, 2.24) is 9.97 Å². The molecule has 1 aliphatic carbocycles. The van der Waals surface area contributed by atoms with Crippen LogP contribution in [0.5, 0.6) is 11.6 Å². The number of fused-ring (bicyclic) bond motifs is 1. The van der Waals surface area contributed by atoms with Gasteiger partial charge in [0, 0.05) is 12.1 Å². The van der Waals surface area contributed by atoms with Crippen LogP contribution in [0.15, 0.2) is 30.6 Å². The summed E-state index contributed by atoms with van der Waals surface area (Å²) in [7, 11) is 0. The number of hydrogen-bond acceptors (Lipinski definition) is 4. The van der Waals surface area contributed by atoms with E-state index in [1.807, 2.05) is 24.3 Å². The Morgan fingerprint density at radius 2 is 2.17 bits per heavy atom. The van der Waals surface area contributed by atoms with Gasteiger partial charge in [-0.05, 0) is 37.0 Å². The molecule has 3 rings (SSSR count). The van der Waals surface area contributed by atoms with Crippen molar-refractivity contribution in [2.45, 2.75) is 25.8 Å². The molecule has 1 aromatic carbocycles. The minimum Gasteiger partial charge on any atom is -0.439 e. The molecule has 0 amide bonds. The number of benzene rings is 1. The van der Waals surface area contributed by atoms with Gasteiger partial charge in [0.1, 0.15) is 12.1 Å². The monoisotopic (exact) mass is 241 g/mol. The van der Waals surface area contributed by atoms with Crippen molar-refractivity contribution < 1.29 is 4.74 Å². The molecule has 1 aromatic heterocycles. The van der Waals surface area contributed by atoms with Crippen LogP contribution in [0.25, 0.3) is 0 Å². The van der Waals surface area contributed by atoms with Crippen LogP contribution in [0.4, 0.5) is 0 Å². The first-order chi connectivity index (χ1) is 8.86. The Morgan fingerprint density at radius 1 is 1.22 bits per heavy atom. The van der Waals surface area contributed by atoms with Crippen molar-refractivity contribution >= 4 is 0 Å². The number of aromatic nitrogens is 2. The van der Waals surface area contributed by atoms with Crippen LogP contribution in [-0.4, -0.2) is 9.97 Å². The molecular formula is C14H15N3O. The van der Waals surface area contributed by atoms with Gasteiger partial charge in [-0.1, -0.05) is 12.1 Å². The smallest absolute Gasteiger partial charge is 0.225 e. The molecule has 0 unspecified atom stereocenters. The molecule has 4 heteroatoms. The largest absolute Gasteiger partial charge is 0.439 e. The van der Waals surface area contributed by atoms with Gasteiger partial charge in [-0.2, -0.15) is 0 Å². The van der Waals surface area contributed by atoms with E-state index in [-0.39, 0.29) is 0 Å². The zero-order valence-corrected chi connectivity index (χ0v) is 10.1. The quantitative estimate of drug-likeness (QED) is 0.895. The molecule has 4 nitrogen and oxygen atoms in total. The van der Waals surface area contributed by atoms with Gasteiger partial charge in [-0.3, -0.25) is 0 Å². The molecule has 0 bridgehead atoms. The first-order valence-corrected chi connectivity index (χ1v) is 6.16. The Morgan fingerprint density at radius 3 is 3.06 bits per heavy atom. The van der Waals surface area contributed by atoms with Gasteiger partial charge in [0.05, 0.1) is 5.69 Å². The van der Waals surface area contributed by atoms with Gasteiger partial charge in [0.2, 0.25) is 5.88 Å². The highest BCUT2D eigenvalue weighted by Gasteiger charge is 2.18. The van der Waals surface area contributed by atoms with Crippen molar-refractivity contribution in [2.24, 2.45) is 5.73 Å². The van der Waals surface area contributed by atoms with Crippen LogP contribution in [0.1, 0.15) is 23.2 Å². The summed E-state index contributed by atoms with van der Waals surface area (Å²) in [5.41, 5.74) is 8.94. The highest BCUT2D eigenvalue weighted by Crippen LogP contribution is 2.30. The summed E-state index contributed by atoms with van der Waals surface area (Å²) in [6.07, 6.45) is 4.73. The Kier molecular flexibility index (Phi) is 2.94. The molecule has 2 aromatic rings. The van der Waals surface area contributed by atoms with E-state index in [0.717, 1.165) is 41.8 Å². The molecule has 0 aliphatic heterocycles. The van der Waals surface area contributed by atoms with Gasteiger partial charge in [-0.15, -0.1) is 0 Å². The van der Waals surface area contributed by atoms with E-state index in [4.69, 9.17) is 10.5 Å². The predicted molar refractivity (Wildman–Crippen MR) is 68.5 cm³/mol. The van der Waals surface area contributed by atoms with Crippen LogP contribution in [-0.2, 0) is 19.4 Å². The standard InChI is InChI=1S/C14H15N3O/c15-8-10-3-1-4-11(7-10)18-14-12-5-2-6-13(12)16-9-17-14/h1,3-4,7,9H,2,5-6,8,15H2. The Hall–Kier alpha value is -1.94. The molecular weight excluding hydrogens is 226 g/mol. The normalized spacial score (nSPS) is 13.4. The van der Waals surface area contributed by atoms with Crippen LogP contribution >= 0.6 is 0 Å². The third kappa shape index (κ3) is 2.07. The molecule has 92 valence electrons. The first kappa shape index (κ1) is 11.2. The van der Waals surface area contributed by atoms with Gasteiger partial charge in [-0.25, -0.2) is 9.97 Å². The maximum atomic E-state index is 5.86. The summed E-state index contributed by atoms with van der Waals surface area (Å²) in [4.78, 5) is 8.52. The molecule has 0 radical (unpaired) electrons. The van der Waals surface area contributed by atoms with E-state index in [1.54, 1.807) is 6.33 Å². The number of ether oxygens (including phenoxy) is 1. The van der Waals surface area contributed by atoms with Crippen molar-refractivity contribution in [3.63, 3.8) is 0 Å². The van der Waals surface area contributed by atoms with E-state index in [1.165, 1.54) is 0 Å². The molecule has 0 saturated carbocycles. The van der Waals surface area contributed by atoms with E-state index in [9.17, 15) is 0 Å². The van der Waals surface area contributed by atoms with Crippen molar-refractivity contribution in [3.05, 3.63) is 47.4 Å². The van der Waals surface area contributed by atoms with E-state index < -0.39 is 0 Å². The van der Waals surface area contributed by atoms with Gasteiger partial charge in [0.25, 0.3) is 0 Å². The van der Waals surface area contributed by atoms with E-state index in [2.05, 4.69) is 9.97 Å². The van der Waals surface area contributed by atoms with Gasteiger partial charge in [0.15, 0.2) is 0 Å². The average molecular weight is 241 g/mol. The Bertz CT molecular complexity index is 569. The summed E-state index contributed by atoms with van der Waals surface area (Å²) < 4.78 is 5.86. The highest BCUT2D eigenvalue weighted by atomic mass is 16.5. The molecule has 1 aliphatic rings. The van der Waals surface area contributed by atoms with Crippen molar-refractivity contribution in [1.29, 1.82) is 0 Å². The highest BCUT2D eigenvalue weighted by molar-refractivity contribution is 5.38. The maximum Gasteiger partial charge on any atom is 0.225 e. The second-order valence-corrected chi connectivity index (χ2v) is 4.41. The molecule has 0 spiro atoms. The van der Waals surface area contributed by atoms with Crippen LogP contribution in [0.2, 0.25) is 0 Å². The number of aryl methyl sites for hydroxylation is 1. The summed E-state index contributed by atoms with van der Waals surface area (Å²) >= 11 is 0. The van der Waals surface area contributed by atoms with E-state index >= 15 is 0 Å². The minimum atomic E-state index is 0.513. The maximum absolute atomic E-state index is 5.86. The summed E-state index contributed by atoms with van der Waals surface area (Å²) in [6, 6.07) is 7.79. The number of nitrogens with zero attached hydrogens (tertiary/aromatic N) is 2. The fourth-order valence-electron chi connectivity index (χ4n) is 2.27. The predicted octanol–water partition coefficient (Wildman–Crippen LogP) is 2.22. The Labute approximate surface area is 106 Å². The molecule has 2 N–H and O–H groups in total. The molecule has 0 saturated heterocycles. The van der Waals surface area contributed by atoms with Crippen LogP contribution in [0.3, 0.4) is 0 Å². The zero-order valence-electron chi connectivity index (χ0n) is 10.1. The minimum absolute atomic E-state index is 0.513. The van der Waals surface area contributed by atoms with Crippen LogP contribution < -0.4 is 10.5 Å². The third-order valence-corrected chi connectivity index (χ3v) is 3.18. The summed E-state index contributed by atoms with van der Waals surface area (Å²) in [5, 5.41) is 0. The van der Waals surface area contributed by atoms with Crippen LogP contribution in [0, 0.1) is 0 Å². The zero-order chi connectivity index (χ0) is 12.4. The van der Waals surface area contributed by atoms with Gasteiger partial charge >= 0.3 is 0 Å². The second kappa shape index (κ2) is 4.74. The lowest BCUT2D eigenvalue weighted by Crippen LogP contribution is -1.99. The van der Waals surface area contributed by atoms with Gasteiger partial charge < -0.3 is 10.5 Å². The topological polar surface area (TPSA) is 61.0 Å². The lowest BCUT2D eigenvalue weighted by atomic mass is 10.2. The third-order valence-electron chi connectivity index (χ3n) is 3.18. The lowest BCUT2D eigenvalue weighted by Gasteiger charge is -2.09. The van der Waals surface area contributed by atoms with E-state index in [0.29, 0.717) is 12.4 Å². The number of hydrogen-bond donors (Lipinski definition) is 1. The lowest BCUT2D eigenvalue weighted by molar-refractivity contribution is 0.455. The summed E-state index contributed by atoms with van der Waals surface area (Å²) in [5.74, 6) is 1.47. The Balaban J connectivity index is 1.90. The average Bonchev–Trinajstić information content (AvgIpc) is 2.88. The SMILES string of the molecule is NCc1cccc(Oc2ncnc3c2CCC3)c1. The molecule has 18 heavy (non-hydrogen) atoms. The van der Waals surface area contributed by atoms with Crippen molar-refractivity contribution in [2.75, 3.05) is 0 Å².